The molecule has 1 amide bonds. The molecule has 2 rings (SSSR count). The van der Waals surface area contributed by atoms with Crippen molar-refractivity contribution in [2.45, 2.75) is 11.4 Å². The lowest BCUT2D eigenvalue weighted by molar-refractivity contribution is 0.0950. The van der Waals surface area contributed by atoms with E-state index in [1.54, 1.807) is 24.3 Å². The molecule has 1 atom stereocenters. The molecule has 128 valence electrons. The van der Waals surface area contributed by atoms with Crippen LogP contribution in [0, 0.1) is 0 Å². The highest BCUT2D eigenvalue weighted by Crippen LogP contribution is 2.18. The van der Waals surface area contributed by atoms with E-state index < -0.39 is 28.1 Å². The first-order valence-corrected chi connectivity index (χ1v) is 8.43. The number of carbonyl (C=O) groups excluding carboxylic acids is 1. The second kappa shape index (κ2) is 7.61. The number of hydrogen-bond donors (Lipinski definition) is 3. The van der Waals surface area contributed by atoms with E-state index in [1.165, 1.54) is 24.7 Å². The Balaban J connectivity index is 2.29. The summed E-state index contributed by atoms with van der Waals surface area (Å²) in [6, 6.07) is 7.86. The highest BCUT2D eigenvalue weighted by molar-refractivity contribution is 7.83. The molecule has 2 aromatic rings. The van der Waals surface area contributed by atoms with Gasteiger partial charge in [0.1, 0.15) is 11.0 Å². The second-order valence-electron chi connectivity index (χ2n) is 4.86. The highest BCUT2D eigenvalue weighted by Gasteiger charge is 2.19. The molecule has 1 heterocycles. The number of carbonyl (C=O) groups is 1. The maximum absolute atomic E-state index is 12.3. The van der Waals surface area contributed by atoms with Gasteiger partial charge in [-0.3, -0.25) is 9.59 Å². The van der Waals surface area contributed by atoms with E-state index in [1.807, 2.05) is 0 Å². The topological polar surface area (TPSA) is 100 Å². The number of nitrogens with one attached hydrogen (secondary N) is 2. The standard InChI is InChI=1S/C15H16ClN3O4S/c1-17-15(22)13-14(21)11(20)7-9(19(13)2)8-18-24(23)12-6-4-3-5-10(12)16/h3-7,18,21H,8H2,1-2H3,(H,17,22). The maximum atomic E-state index is 12.3. The highest BCUT2D eigenvalue weighted by atomic mass is 35.5. The van der Waals surface area contributed by atoms with E-state index in [-0.39, 0.29) is 12.2 Å². The molecule has 1 unspecified atom stereocenters. The fourth-order valence-electron chi connectivity index (χ4n) is 2.10. The number of nitrogens with zero attached hydrogens (tertiary/aromatic N) is 1. The summed E-state index contributed by atoms with van der Waals surface area (Å²) >= 11 is 5.99. The Hall–Kier alpha value is -2.16. The molecule has 0 bridgehead atoms. The van der Waals surface area contributed by atoms with E-state index in [9.17, 15) is 18.9 Å². The van der Waals surface area contributed by atoms with Crippen molar-refractivity contribution in [3.8, 4) is 5.75 Å². The fraction of sp³-hybridized carbons (Fsp3) is 0.200. The molecular weight excluding hydrogens is 354 g/mol. The predicted molar refractivity (Wildman–Crippen MR) is 91.4 cm³/mol. The van der Waals surface area contributed by atoms with E-state index in [0.29, 0.717) is 15.6 Å². The van der Waals surface area contributed by atoms with Crippen molar-refractivity contribution in [2.75, 3.05) is 7.05 Å². The van der Waals surface area contributed by atoms with Crippen molar-refractivity contribution < 1.29 is 14.1 Å². The summed E-state index contributed by atoms with van der Waals surface area (Å²) < 4.78 is 16.4. The van der Waals surface area contributed by atoms with Crippen LogP contribution in [0.4, 0.5) is 0 Å². The number of aromatic hydroxyl groups is 1. The van der Waals surface area contributed by atoms with Crippen LogP contribution >= 0.6 is 11.6 Å². The quantitative estimate of drug-likeness (QED) is 0.729. The maximum Gasteiger partial charge on any atom is 0.271 e. The SMILES string of the molecule is CNC(=O)c1c(O)c(=O)cc(CNS(=O)c2ccccc2Cl)n1C. The lowest BCUT2D eigenvalue weighted by atomic mass is 10.2. The molecular formula is C15H16ClN3O4S. The zero-order valence-corrected chi connectivity index (χ0v) is 14.6. The van der Waals surface area contributed by atoms with Gasteiger partial charge in [0.15, 0.2) is 11.4 Å². The van der Waals surface area contributed by atoms with Gasteiger partial charge in [-0.25, -0.2) is 8.93 Å². The van der Waals surface area contributed by atoms with Crippen molar-refractivity contribution in [3.05, 3.63) is 57.0 Å². The van der Waals surface area contributed by atoms with Gasteiger partial charge in [-0.2, -0.15) is 0 Å². The average molecular weight is 370 g/mol. The van der Waals surface area contributed by atoms with Gasteiger partial charge in [-0.15, -0.1) is 0 Å². The molecule has 0 aliphatic rings. The molecule has 1 aromatic heterocycles. The Bertz CT molecular complexity index is 866. The summed E-state index contributed by atoms with van der Waals surface area (Å²) in [6.45, 7) is 0.0356. The molecule has 3 N–H and O–H groups in total. The van der Waals surface area contributed by atoms with Gasteiger partial charge in [-0.05, 0) is 12.1 Å². The molecule has 0 saturated heterocycles. The van der Waals surface area contributed by atoms with Crippen LogP contribution in [-0.4, -0.2) is 26.8 Å². The molecule has 0 spiro atoms. The van der Waals surface area contributed by atoms with Crippen LogP contribution in [-0.2, 0) is 24.6 Å². The summed E-state index contributed by atoms with van der Waals surface area (Å²) in [7, 11) is 1.32. The third-order valence-electron chi connectivity index (χ3n) is 3.38. The van der Waals surface area contributed by atoms with Gasteiger partial charge in [-0.1, -0.05) is 23.7 Å². The number of hydrogen-bond acceptors (Lipinski definition) is 4. The van der Waals surface area contributed by atoms with Gasteiger partial charge in [0.05, 0.1) is 9.92 Å². The van der Waals surface area contributed by atoms with Crippen molar-refractivity contribution in [2.24, 2.45) is 7.05 Å². The number of aromatic nitrogens is 1. The summed E-state index contributed by atoms with van der Waals surface area (Å²) in [4.78, 5) is 24.1. The molecule has 7 nitrogen and oxygen atoms in total. The minimum atomic E-state index is -1.60. The third kappa shape index (κ3) is 3.66. The van der Waals surface area contributed by atoms with Crippen LogP contribution in [0.2, 0.25) is 5.02 Å². The molecule has 0 aliphatic heterocycles. The van der Waals surface area contributed by atoms with Gasteiger partial charge in [0.25, 0.3) is 5.91 Å². The summed E-state index contributed by atoms with van der Waals surface area (Å²) in [5, 5.41) is 12.5. The number of benzene rings is 1. The number of amides is 1. The first-order valence-electron chi connectivity index (χ1n) is 6.90. The van der Waals surface area contributed by atoms with Crippen molar-refractivity contribution in [1.29, 1.82) is 0 Å². The second-order valence-corrected chi connectivity index (χ2v) is 6.53. The molecule has 24 heavy (non-hydrogen) atoms. The van der Waals surface area contributed by atoms with Crippen molar-refractivity contribution >= 4 is 28.5 Å². The van der Waals surface area contributed by atoms with Gasteiger partial charge in [0.2, 0.25) is 5.43 Å². The smallest absolute Gasteiger partial charge is 0.271 e. The zero-order valence-electron chi connectivity index (χ0n) is 13.0. The molecule has 0 saturated carbocycles. The normalized spacial score (nSPS) is 12.0. The molecule has 0 radical (unpaired) electrons. The molecule has 9 heteroatoms. The summed E-state index contributed by atoms with van der Waals surface area (Å²) in [5.41, 5.74) is -0.464. The van der Waals surface area contributed by atoms with Gasteiger partial charge >= 0.3 is 0 Å². The minimum absolute atomic E-state index is 0.0356. The average Bonchev–Trinajstić information content (AvgIpc) is 2.57. The van der Waals surface area contributed by atoms with Crippen LogP contribution in [0.1, 0.15) is 16.2 Å². The van der Waals surface area contributed by atoms with Crippen LogP contribution < -0.4 is 15.5 Å². The van der Waals surface area contributed by atoms with Crippen LogP contribution in [0.25, 0.3) is 0 Å². The van der Waals surface area contributed by atoms with E-state index in [0.717, 1.165) is 0 Å². The number of halogens is 1. The third-order valence-corrected chi connectivity index (χ3v) is 4.99. The van der Waals surface area contributed by atoms with Gasteiger partial charge < -0.3 is 15.0 Å². The van der Waals surface area contributed by atoms with Crippen LogP contribution in [0.5, 0.6) is 5.75 Å². The lowest BCUT2D eigenvalue weighted by Gasteiger charge is -2.15. The zero-order chi connectivity index (χ0) is 17.9. The fourth-order valence-corrected chi connectivity index (χ4v) is 3.32. The Labute approximate surface area is 145 Å². The van der Waals surface area contributed by atoms with Crippen molar-refractivity contribution in [3.63, 3.8) is 0 Å². The Morgan fingerprint density at radius 3 is 2.67 bits per heavy atom. The lowest BCUT2D eigenvalue weighted by Crippen LogP contribution is -2.28. The number of pyridine rings is 1. The van der Waals surface area contributed by atoms with Crippen LogP contribution in [0.15, 0.2) is 40.0 Å². The first kappa shape index (κ1) is 18.2. The number of rotatable bonds is 5. The Morgan fingerprint density at radius 1 is 1.38 bits per heavy atom. The van der Waals surface area contributed by atoms with Crippen molar-refractivity contribution in [1.82, 2.24) is 14.6 Å². The Kier molecular flexibility index (Phi) is 5.76. The van der Waals surface area contributed by atoms with E-state index >= 15 is 0 Å². The van der Waals surface area contributed by atoms with E-state index in [2.05, 4.69) is 10.0 Å². The van der Waals surface area contributed by atoms with E-state index in [4.69, 9.17) is 11.6 Å². The predicted octanol–water partition coefficient (Wildman–Crippen LogP) is 0.916. The Morgan fingerprint density at radius 2 is 2.04 bits per heavy atom. The molecule has 0 aliphatic carbocycles. The monoisotopic (exact) mass is 369 g/mol. The largest absolute Gasteiger partial charge is 0.503 e. The summed E-state index contributed by atoms with van der Waals surface area (Å²) in [6.07, 6.45) is 0. The molecule has 0 fully saturated rings. The summed E-state index contributed by atoms with van der Waals surface area (Å²) in [5.74, 6) is -1.23. The van der Waals surface area contributed by atoms with Crippen LogP contribution in [0.3, 0.4) is 0 Å². The van der Waals surface area contributed by atoms with Gasteiger partial charge in [0, 0.05) is 32.4 Å². The minimum Gasteiger partial charge on any atom is -0.503 e. The first-order chi connectivity index (χ1) is 11.4. The molecule has 1 aromatic carbocycles.